The molecule has 2 aromatic carbocycles. The van der Waals surface area contributed by atoms with Gasteiger partial charge in [-0.05, 0) is 55.1 Å². The van der Waals surface area contributed by atoms with E-state index in [9.17, 15) is 8.42 Å². The first-order valence-corrected chi connectivity index (χ1v) is 11.1. The lowest BCUT2D eigenvalue weighted by Crippen LogP contribution is -2.27. The van der Waals surface area contributed by atoms with Gasteiger partial charge in [0.25, 0.3) is 0 Å². The van der Waals surface area contributed by atoms with Crippen LogP contribution in [0, 0.1) is 0 Å². The first-order chi connectivity index (χ1) is 12.9. The van der Waals surface area contributed by atoms with Gasteiger partial charge in [0.05, 0.1) is 17.5 Å². The lowest BCUT2D eigenvalue weighted by Gasteiger charge is -2.18. The van der Waals surface area contributed by atoms with E-state index >= 15 is 0 Å². The second-order valence-electron chi connectivity index (χ2n) is 6.52. The summed E-state index contributed by atoms with van der Waals surface area (Å²) in [6, 6.07) is 17.0. The first-order valence-electron chi connectivity index (χ1n) is 9.20. The summed E-state index contributed by atoms with van der Waals surface area (Å²) >= 11 is 0. The highest BCUT2D eigenvalue weighted by molar-refractivity contribution is 7.89. The Morgan fingerprint density at radius 1 is 1.00 bits per heavy atom. The molecule has 0 spiro atoms. The van der Waals surface area contributed by atoms with Crippen LogP contribution >= 0.6 is 0 Å². The molecule has 0 atom stereocenters. The molecule has 27 heavy (non-hydrogen) atoms. The molecule has 144 valence electrons. The molecular formula is C21H26N2O3S. The number of hydrogen-bond donors (Lipinski definition) is 0. The molecule has 0 N–H and O–H groups in total. The molecule has 3 aromatic rings. The minimum Gasteiger partial charge on any atom is -0.492 e. The monoisotopic (exact) mass is 386 g/mol. The van der Waals surface area contributed by atoms with E-state index in [1.807, 2.05) is 54.6 Å². The summed E-state index contributed by atoms with van der Waals surface area (Å²) in [4.78, 5) is 2.30. The predicted molar refractivity (Wildman–Crippen MR) is 111 cm³/mol. The van der Waals surface area contributed by atoms with E-state index in [1.165, 1.54) is 10.2 Å². The highest BCUT2D eigenvalue weighted by atomic mass is 32.2. The van der Waals surface area contributed by atoms with E-state index in [-0.39, 0.29) is 0 Å². The van der Waals surface area contributed by atoms with Crippen LogP contribution in [0.25, 0.3) is 22.2 Å². The fraction of sp³-hybridized carbons (Fsp3) is 0.333. The van der Waals surface area contributed by atoms with Crippen LogP contribution in [-0.4, -0.2) is 49.8 Å². The number of fused-ring (bicyclic) bond motifs is 1. The number of ether oxygens (including phenoxy) is 1. The van der Waals surface area contributed by atoms with Crippen LogP contribution < -0.4 is 4.74 Å². The average Bonchev–Trinajstić information content (AvgIpc) is 3.06. The quantitative estimate of drug-likeness (QED) is 0.590. The Kier molecular flexibility index (Phi) is 5.87. The van der Waals surface area contributed by atoms with Crippen molar-refractivity contribution < 1.29 is 13.2 Å². The second-order valence-corrected chi connectivity index (χ2v) is 8.35. The van der Waals surface area contributed by atoms with Gasteiger partial charge in [-0.15, -0.1) is 0 Å². The lowest BCUT2D eigenvalue weighted by atomic mass is 10.1. The van der Waals surface area contributed by atoms with E-state index in [4.69, 9.17) is 4.74 Å². The highest BCUT2D eigenvalue weighted by Crippen LogP contribution is 2.30. The summed E-state index contributed by atoms with van der Waals surface area (Å²) in [5, 5.41) is 0.900. The van der Waals surface area contributed by atoms with Gasteiger partial charge in [0.15, 0.2) is 0 Å². The van der Waals surface area contributed by atoms with Gasteiger partial charge in [-0.3, -0.25) is 0 Å². The Morgan fingerprint density at radius 3 is 2.30 bits per heavy atom. The Hall–Kier alpha value is -2.31. The molecule has 0 bridgehead atoms. The molecule has 0 aliphatic rings. The minimum atomic E-state index is -3.42. The van der Waals surface area contributed by atoms with Crippen molar-refractivity contribution in [2.24, 2.45) is 0 Å². The summed E-state index contributed by atoms with van der Waals surface area (Å²) in [6.45, 7) is 7.81. The van der Waals surface area contributed by atoms with Crippen molar-refractivity contribution in [3.8, 4) is 17.0 Å². The van der Waals surface area contributed by atoms with Gasteiger partial charge in [-0.25, -0.2) is 12.4 Å². The fourth-order valence-corrected chi connectivity index (χ4v) is 4.28. The molecule has 0 aliphatic carbocycles. The van der Waals surface area contributed by atoms with Crippen molar-refractivity contribution in [2.45, 2.75) is 13.8 Å². The van der Waals surface area contributed by atoms with Crippen LogP contribution in [0.15, 0.2) is 54.6 Å². The minimum absolute atomic E-state index is 0.630. The molecule has 1 heterocycles. The van der Waals surface area contributed by atoms with Gasteiger partial charge in [0, 0.05) is 11.9 Å². The fourth-order valence-electron chi connectivity index (χ4n) is 3.24. The number of hydrogen-bond acceptors (Lipinski definition) is 4. The van der Waals surface area contributed by atoms with Gasteiger partial charge in [0.1, 0.15) is 12.4 Å². The maximum absolute atomic E-state index is 12.4. The van der Waals surface area contributed by atoms with Gasteiger partial charge >= 0.3 is 0 Å². The zero-order chi connectivity index (χ0) is 19.4. The van der Waals surface area contributed by atoms with Gasteiger partial charge < -0.3 is 9.64 Å². The number of para-hydroxylation sites is 1. The van der Waals surface area contributed by atoms with Crippen LogP contribution in [0.5, 0.6) is 5.75 Å². The summed E-state index contributed by atoms with van der Waals surface area (Å²) in [5.41, 5.74) is 2.19. The zero-order valence-electron chi connectivity index (χ0n) is 16.1. The molecule has 1 aromatic heterocycles. The number of benzene rings is 2. The van der Waals surface area contributed by atoms with E-state index in [0.29, 0.717) is 17.8 Å². The highest BCUT2D eigenvalue weighted by Gasteiger charge is 2.17. The van der Waals surface area contributed by atoms with Crippen LogP contribution in [0.1, 0.15) is 13.8 Å². The second kappa shape index (κ2) is 8.15. The molecule has 0 fully saturated rings. The van der Waals surface area contributed by atoms with E-state index < -0.39 is 10.0 Å². The number of aromatic nitrogens is 1. The Labute approximate surface area is 161 Å². The van der Waals surface area contributed by atoms with Crippen molar-refractivity contribution in [2.75, 3.05) is 32.5 Å². The van der Waals surface area contributed by atoms with Crippen molar-refractivity contribution >= 4 is 20.9 Å². The third kappa shape index (κ3) is 4.34. The third-order valence-electron chi connectivity index (χ3n) is 4.72. The average molecular weight is 387 g/mol. The van der Waals surface area contributed by atoms with Gasteiger partial charge in [0.2, 0.25) is 10.0 Å². The number of likely N-dealkylation sites (N-methyl/N-ethyl adjacent to an activating group) is 1. The van der Waals surface area contributed by atoms with Crippen LogP contribution in [0.3, 0.4) is 0 Å². The smallest absolute Gasteiger partial charge is 0.236 e. The van der Waals surface area contributed by atoms with E-state index in [0.717, 1.165) is 36.3 Å². The predicted octanol–water partition coefficient (Wildman–Crippen LogP) is 3.84. The maximum Gasteiger partial charge on any atom is 0.236 e. The molecule has 0 radical (unpaired) electrons. The summed E-state index contributed by atoms with van der Waals surface area (Å²) in [7, 11) is -3.42. The molecule has 6 heteroatoms. The molecule has 0 aliphatic heterocycles. The molecule has 5 nitrogen and oxygen atoms in total. The van der Waals surface area contributed by atoms with Gasteiger partial charge in [-0.2, -0.15) is 0 Å². The molecule has 0 unspecified atom stereocenters. The Morgan fingerprint density at radius 2 is 1.67 bits per heavy atom. The SMILES string of the molecule is CCN(CC)CCOc1ccc(-c2cc3ccccc3n2S(C)(=O)=O)cc1. The van der Waals surface area contributed by atoms with Crippen LogP contribution in [-0.2, 0) is 10.0 Å². The molecule has 0 amide bonds. The van der Waals surface area contributed by atoms with Crippen molar-refractivity contribution in [1.82, 2.24) is 8.87 Å². The maximum atomic E-state index is 12.4. The first kappa shape index (κ1) is 19.5. The van der Waals surface area contributed by atoms with E-state index in [2.05, 4.69) is 18.7 Å². The Balaban J connectivity index is 1.85. The molecule has 0 saturated carbocycles. The third-order valence-corrected chi connectivity index (χ3v) is 5.78. The molecular weight excluding hydrogens is 360 g/mol. The van der Waals surface area contributed by atoms with Crippen molar-refractivity contribution in [3.63, 3.8) is 0 Å². The molecule has 0 saturated heterocycles. The summed E-state index contributed by atoms with van der Waals surface area (Å²) < 4.78 is 32.0. The van der Waals surface area contributed by atoms with Crippen LogP contribution in [0.2, 0.25) is 0 Å². The topological polar surface area (TPSA) is 51.5 Å². The number of nitrogens with zero attached hydrogens (tertiary/aromatic N) is 2. The van der Waals surface area contributed by atoms with Crippen LogP contribution in [0.4, 0.5) is 0 Å². The normalized spacial score (nSPS) is 12.0. The molecule has 3 rings (SSSR count). The van der Waals surface area contributed by atoms with E-state index in [1.54, 1.807) is 0 Å². The lowest BCUT2D eigenvalue weighted by molar-refractivity contribution is 0.223. The largest absolute Gasteiger partial charge is 0.492 e. The van der Waals surface area contributed by atoms with Gasteiger partial charge in [-0.1, -0.05) is 32.0 Å². The summed E-state index contributed by atoms with van der Waals surface area (Å²) in [6.07, 6.45) is 1.23. The van der Waals surface area contributed by atoms with Crippen molar-refractivity contribution in [1.29, 1.82) is 0 Å². The number of rotatable bonds is 8. The van der Waals surface area contributed by atoms with Crippen molar-refractivity contribution in [3.05, 3.63) is 54.6 Å². The zero-order valence-corrected chi connectivity index (χ0v) is 16.9. The Bertz CT molecular complexity index is 1000. The standard InChI is InChI=1S/C21H26N2O3S/c1-4-22(5-2)14-15-26-19-12-10-17(11-13-19)21-16-18-8-6-7-9-20(18)23(21)27(3,24)25/h6-13,16H,4-5,14-15H2,1-3H3. The summed E-state index contributed by atoms with van der Waals surface area (Å²) in [5.74, 6) is 0.785.